The Balaban J connectivity index is 0. The SMILES string of the molecule is Brc1cccc2[cH-]ccc12.Cc1[cH-]c(C)c(C)c1C.[Cl-].[Cl-].[Si]=[Hf]=[Si]. The molecule has 4 radical (unpaired) electrons. The molecule has 3 rings (SSSR count). The van der Waals surface area contributed by atoms with Crippen molar-refractivity contribution in [3.63, 3.8) is 0 Å². The Morgan fingerprint density at radius 3 is 1.79 bits per heavy atom. The molecular formula is C18H19BrCl2HfSi2-4. The van der Waals surface area contributed by atoms with Gasteiger partial charge in [0.25, 0.3) is 0 Å². The second kappa shape index (κ2) is 13.7. The van der Waals surface area contributed by atoms with Gasteiger partial charge in [-0.15, -0.1) is 29.0 Å². The van der Waals surface area contributed by atoms with Gasteiger partial charge in [-0.1, -0.05) is 49.7 Å². The van der Waals surface area contributed by atoms with E-state index < -0.39 is 0 Å². The van der Waals surface area contributed by atoms with Gasteiger partial charge in [-0.05, 0) is 4.47 Å². The Bertz CT molecular complexity index is 765. The first-order valence-corrected chi connectivity index (χ1v) is 19.6. The van der Waals surface area contributed by atoms with Crippen LogP contribution in [0.5, 0.6) is 0 Å². The van der Waals surface area contributed by atoms with Gasteiger partial charge in [0.2, 0.25) is 0 Å². The molecule has 0 aliphatic rings. The number of benzene rings is 1. The maximum absolute atomic E-state index is 3.48. The zero-order valence-electron chi connectivity index (χ0n) is 14.2. The summed E-state index contributed by atoms with van der Waals surface area (Å²) in [5, 5.41) is 2.59. The fourth-order valence-corrected chi connectivity index (χ4v) is 2.77. The summed E-state index contributed by atoms with van der Waals surface area (Å²) >= 11 is 3.17. The normalized spacial score (nSPS) is 8.54. The number of hydrogen-bond acceptors (Lipinski definition) is 0. The van der Waals surface area contributed by atoms with E-state index >= 15 is 0 Å². The summed E-state index contributed by atoms with van der Waals surface area (Å²) < 4.78 is 1.18. The summed E-state index contributed by atoms with van der Waals surface area (Å²) in [6.07, 6.45) is 0. The molecule has 128 valence electrons. The third kappa shape index (κ3) is 7.84. The molecule has 0 nitrogen and oxygen atoms in total. The van der Waals surface area contributed by atoms with E-state index in [0.717, 1.165) is 0 Å². The molecule has 0 unspecified atom stereocenters. The number of halogens is 3. The van der Waals surface area contributed by atoms with E-state index in [1.165, 1.54) is 37.5 Å². The van der Waals surface area contributed by atoms with Gasteiger partial charge < -0.3 is 24.8 Å². The van der Waals surface area contributed by atoms with Crippen molar-refractivity contribution >= 4 is 40.6 Å². The second-order valence-corrected chi connectivity index (χ2v) is 15.1. The van der Waals surface area contributed by atoms with Crippen LogP contribution in [0.15, 0.2) is 46.9 Å². The van der Waals surface area contributed by atoms with Crippen molar-refractivity contribution in [2.24, 2.45) is 0 Å². The van der Waals surface area contributed by atoms with Crippen LogP contribution in [0.1, 0.15) is 22.3 Å². The van der Waals surface area contributed by atoms with E-state index in [1.54, 1.807) is 0 Å². The van der Waals surface area contributed by atoms with Crippen molar-refractivity contribution in [1.29, 1.82) is 0 Å². The molecule has 0 aromatic heterocycles. The standard InChI is InChI=1S/C9H6Br.C9H13.2ClH.Hf.2Si/c10-9-6-2-4-7-3-1-5-8(7)9;1-6-5-7(2)9(4)8(6)3;;;;;/h1-6H;5H,1-4H3;2*1H;;;/q2*-1;;;;;/p-2. The Kier molecular flexibility index (Phi) is 15.3. The van der Waals surface area contributed by atoms with Gasteiger partial charge in [0, 0.05) is 0 Å². The molecule has 0 atom stereocenters. The van der Waals surface area contributed by atoms with Crippen LogP contribution in [0, 0.1) is 27.7 Å². The van der Waals surface area contributed by atoms with E-state index in [9.17, 15) is 0 Å². The summed E-state index contributed by atoms with van der Waals surface area (Å²) in [4.78, 5) is 0. The molecule has 3 aromatic rings. The fraction of sp³-hybridized carbons (Fsp3) is 0.222. The quantitative estimate of drug-likeness (QED) is 0.228. The predicted octanol–water partition coefficient (Wildman–Crippen LogP) is -0.796. The van der Waals surface area contributed by atoms with Gasteiger partial charge in [-0.3, -0.25) is 0 Å². The van der Waals surface area contributed by atoms with Crippen LogP contribution < -0.4 is 24.8 Å². The van der Waals surface area contributed by atoms with E-state index in [-0.39, 0.29) is 45.0 Å². The van der Waals surface area contributed by atoms with Crippen molar-refractivity contribution in [2.75, 3.05) is 0 Å². The van der Waals surface area contributed by atoms with E-state index in [2.05, 4.69) is 93.9 Å². The molecule has 6 heteroatoms. The molecular weight excluding hydrogens is 602 g/mol. The molecule has 0 spiro atoms. The van der Waals surface area contributed by atoms with Gasteiger partial charge in [-0.2, -0.15) is 40.5 Å². The van der Waals surface area contributed by atoms with Gasteiger partial charge >= 0.3 is 34.0 Å². The molecule has 0 saturated heterocycles. The Morgan fingerprint density at radius 2 is 1.42 bits per heavy atom. The summed E-state index contributed by atoms with van der Waals surface area (Å²) in [5.41, 5.74) is 5.75. The summed E-state index contributed by atoms with van der Waals surface area (Å²) in [5.74, 6) is 0. The molecule has 3 aromatic carbocycles. The fourth-order valence-electron chi connectivity index (χ4n) is 2.26. The van der Waals surface area contributed by atoms with E-state index in [0.29, 0.717) is 0 Å². The molecule has 0 N–H and O–H groups in total. The van der Waals surface area contributed by atoms with E-state index in [1.807, 2.05) is 6.07 Å². The minimum atomic E-state index is -0.306. The van der Waals surface area contributed by atoms with Crippen LogP contribution in [0.25, 0.3) is 10.8 Å². The van der Waals surface area contributed by atoms with Crippen molar-refractivity contribution in [1.82, 2.24) is 0 Å². The Labute approximate surface area is 181 Å². The summed E-state index contributed by atoms with van der Waals surface area (Å²) in [7, 11) is 0. The second-order valence-electron chi connectivity index (χ2n) is 5.15. The summed E-state index contributed by atoms with van der Waals surface area (Å²) in [6.45, 7) is 15.3. The number of aryl methyl sites for hydroxylation is 2. The van der Waals surface area contributed by atoms with Gasteiger partial charge in [0.1, 0.15) is 0 Å². The van der Waals surface area contributed by atoms with Crippen LogP contribution in [-0.4, -0.2) is 13.9 Å². The van der Waals surface area contributed by atoms with Gasteiger partial charge in [0.15, 0.2) is 0 Å². The number of fused-ring (bicyclic) bond motifs is 1. The van der Waals surface area contributed by atoms with E-state index in [4.69, 9.17) is 0 Å². The summed E-state index contributed by atoms with van der Waals surface area (Å²) in [6, 6.07) is 14.7. The topological polar surface area (TPSA) is 0 Å². The Morgan fingerprint density at radius 1 is 0.917 bits per heavy atom. The molecule has 0 saturated carbocycles. The molecule has 0 bridgehead atoms. The molecule has 0 heterocycles. The average molecular weight is 621 g/mol. The average Bonchev–Trinajstić information content (AvgIpc) is 3.04. The third-order valence-electron chi connectivity index (χ3n) is 3.80. The monoisotopic (exact) mass is 620 g/mol. The van der Waals surface area contributed by atoms with Crippen LogP contribution in [0.2, 0.25) is 0 Å². The molecule has 0 aliphatic heterocycles. The zero-order chi connectivity index (χ0) is 16.7. The van der Waals surface area contributed by atoms with Gasteiger partial charge in [-0.25, -0.2) is 0 Å². The zero-order valence-corrected chi connectivity index (χ0v) is 22.9. The third-order valence-corrected chi connectivity index (χ3v) is 4.50. The number of rotatable bonds is 0. The molecule has 24 heavy (non-hydrogen) atoms. The molecule has 0 aliphatic carbocycles. The van der Waals surface area contributed by atoms with Crippen LogP contribution in [0.4, 0.5) is 0 Å². The first-order valence-electron chi connectivity index (χ1n) is 7.00. The minimum absolute atomic E-state index is 0. The molecule has 0 amide bonds. The van der Waals surface area contributed by atoms with Crippen LogP contribution in [-0.2, 0) is 20.2 Å². The Hall–Kier alpha value is 0.544. The van der Waals surface area contributed by atoms with Gasteiger partial charge in [0.05, 0.1) is 0 Å². The number of hydrogen-bond donors (Lipinski definition) is 0. The van der Waals surface area contributed by atoms with Crippen LogP contribution in [0.3, 0.4) is 0 Å². The first kappa shape index (κ1) is 26.8. The van der Waals surface area contributed by atoms with Crippen molar-refractivity contribution in [2.45, 2.75) is 27.7 Å². The first-order chi connectivity index (χ1) is 10.4. The maximum atomic E-state index is 3.48. The van der Waals surface area contributed by atoms with Crippen molar-refractivity contribution in [3.8, 4) is 0 Å². The van der Waals surface area contributed by atoms with Crippen LogP contribution >= 0.6 is 15.9 Å². The predicted molar refractivity (Wildman–Crippen MR) is 99.7 cm³/mol. The van der Waals surface area contributed by atoms with Crippen molar-refractivity contribution in [3.05, 3.63) is 69.2 Å². The van der Waals surface area contributed by atoms with Crippen molar-refractivity contribution < 1.29 is 45.0 Å². The molecule has 0 fully saturated rings.